The molecule has 1 unspecified atom stereocenters. The molecule has 0 aliphatic heterocycles. The van der Waals surface area contributed by atoms with Crippen molar-refractivity contribution < 1.29 is 0 Å². The van der Waals surface area contributed by atoms with Gasteiger partial charge in [0.15, 0.2) is 0 Å². The molecule has 1 nitrogen and oxygen atoms in total. The third-order valence-electron chi connectivity index (χ3n) is 3.32. The fourth-order valence-electron chi connectivity index (χ4n) is 2.13. The molecular weight excluding hydrogens is 226 g/mol. The van der Waals surface area contributed by atoms with Crippen molar-refractivity contribution in [3.63, 3.8) is 0 Å². The van der Waals surface area contributed by atoms with Crippen molar-refractivity contribution in [2.45, 2.75) is 57.5 Å². The molecule has 0 aromatic rings. The van der Waals surface area contributed by atoms with Crippen molar-refractivity contribution in [3.05, 3.63) is 0 Å². The first kappa shape index (κ1) is 11.5. The molecule has 0 N–H and O–H groups in total. The SMILES string of the molecule is CC(CBr)N(C)C1CCCCCC1. The maximum Gasteiger partial charge on any atom is 0.0185 e. The summed E-state index contributed by atoms with van der Waals surface area (Å²) in [5, 5.41) is 1.10. The second kappa shape index (κ2) is 6.02. The zero-order valence-electron chi connectivity index (χ0n) is 8.93. The van der Waals surface area contributed by atoms with E-state index in [-0.39, 0.29) is 0 Å². The Morgan fingerprint density at radius 3 is 2.23 bits per heavy atom. The second-order valence-corrected chi connectivity index (χ2v) is 4.96. The van der Waals surface area contributed by atoms with Crippen LogP contribution >= 0.6 is 15.9 Å². The topological polar surface area (TPSA) is 3.24 Å². The van der Waals surface area contributed by atoms with E-state index in [0.717, 1.165) is 11.4 Å². The zero-order chi connectivity index (χ0) is 9.68. The van der Waals surface area contributed by atoms with Crippen LogP contribution in [0.4, 0.5) is 0 Å². The quantitative estimate of drug-likeness (QED) is 0.546. The average Bonchev–Trinajstić information content (AvgIpc) is 2.43. The number of hydrogen-bond donors (Lipinski definition) is 0. The summed E-state index contributed by atoms with van der Waals surface area (Å²) in [6.45, 7) is 2.31. The molecular formula is C11H22BrN. The Labute approximate surface area is 91.0 Å². The lowest BCUT2D eigenvalue weighted by molar-refractivity contribution is 0.181. The summed E-state index contributed by atoms with van der Waals surface area (Å²) in [7, 11) is 2.28. The van der Waals surface area contributed by atoms with E-state index in [4.69, 9.17) is 0 Å². The van der Waals surface area contributed by atoms with Crippen LogP contribution in [0.5, 0.6) is 0 Å². The molecule has 0 spiro atoms. The highest BCUT2D eigenvalue weighted by atomic mass is 79.9. The number of rotatable bonds is 3. The van der Waals surface area contributed by atoms with Gasteiger partial charge in [-0.05, 0) is 26.8 Å². The van der Waals surface area contributed by atoms with Crippen LogP contribution in [0.25, 0.3) is 0 Å². The van der Waals surface area contributed by atoms with Crippen LogP contribution in [0.2, 0.25) is 0 Å². The Balaban J connectivity index is 2.38. The van der Waals surface area contributed by atoms with Gasteiger partial charge in [-0.25, -0.2) is 0 Å². The summed E-state index contributed by atoms with van der Waals surface area (Å²) >= 11 is 3.56. The average molecular weight is 248 g/mol. The number of halogens is 1. The van der Waals surface area contributed by atoms with Gasteiger partial charge in [0.1, 0.15) is 0 Å². The van der Waals surface area contributed by atoms with Gasteiger partial charge >= 0.3 is 0 Å². The number of hydrogen-bond acceptors (Lipinski definition) is 1. The fourth-order valence-corrected chi connectivity index (χ4v) is 2.59. The van der Waals surface area contributed by atoms with Gasteiger partial charge in [-0.2, -0.15) is 0 Å². The van der Waals surface area contributed by atoms with Crippen molar-refractivity contribution in [1.82, 2.24) is 4.90 Å². The molecule has 1 saturated carbocycles. The molecule has 1 atom stereocenters. The molecule has 0 amide bonds. The number of alkyl halides is 1. The molecule has 0 saturated heterocycles. The highest BCUT2D eigenvalue weighted by molar-refractivity contribution is 9.09. The van der Waals surface area contributed by atoms with Gasteiger partial charge in [0.2, 0.25) is 0 Å². The molecule has 0 aromatic heterocycles. The minimum Gasteiger partial charge on any atom is -0.300 e. The smallest absolute Gasteiger partial charge is 0.0185 e. The van der Waals surface area contributed by atoms with Crippen LogP contribution in [0.15, 0.2) is 0 Å². The van der Waals surface area contributed by atoms with Crippen molar-refractivity contribution in [2.75, 3.05) is 12.4 Å². The standard InChI is InChI=1S/C11H22BrN/c1-10(9-12)13(2)11-7-5-3-4-6-8-11/h10-11H,3-9H2,1-2H3. The van der Waals surface area contributed by atoms with Crippen LogP contribution in [0.3, 0.4) is 0 Å². The lowest BCUT2D eigenvalue weighted by Crippen LogP contribution is -2.39. The van der Waals surface area contributed by atoms with Gasteiger partial charge in [0.05, 0.1) is 0 Å². The van der Waals surface area contributed by atoms with E-state index in [1.165, 1.54) is 38.5 Å². The molecule has 1 rings (SSSR count). The van der Waals surface area contributed by atoms with Gasteiger partial charge in [-0.15, -0.1) is 0 Å². The van der Waals surface area contributed by atoms with Gasteiger partial charge in [0.25, 0.3) is 0 Å². The van der Waals surface area contributed by atoms with E-state index >= 15 is 0 Å². The zero-order valence-corrected chi connectivity index (χ0v) is 10.5. The first-order valence-electron chi connectivity index (χ1n) is 5.53. The van der Waals surface area contributed by atoms with Crippen molar-refractivity contribution in [2.24, 2.45) is 0 Å². The maximum absolute atomic E-state index is 3.56. The minimum absolute atomic E-state index is 0.683. The Hall–Kier alpha value is 0.440. The molecule has 0 heterocycles. The second-order valence-electron chi connectivity index (χ2n) is 4.31. The summed E-state index contributed by atoms with van der Waals surface area (Å²) in [5.41, 5.74) is 0. The summed E-state index contributed by atoms with van der Waals surface area (Å²) in [5.74, 6) is 0. The van der Waals surface area contributed by atoms with Crippen LogP contribution in [-0.4, -0.2) is 29.4 Å². The first-order valence-corrected chi connectivity index (χ1v) is 6.65. The predicted molar refractivity (Wildman–Crippen MR) is 62.5 cm³/mol. The van der Waals surface area contributed by atoms with E-state index in [2.05, 4.69) is 34.8 Å². The first-order chi connectivity index (χ1) is 6.25. The molecule has 78 valence electrons. The summed E-state index contributed by atoms with van der Waals surface area (Å²) in [4.78, 5) is 2.56. The lowest BCUT2D eigenvalue weighted by atomic mass is 10.1. The van der Waals surface area contributed by atoms with E-state index < -0.39 is 0 Å². The highest BCUT2D eigenvalue weighted by Gasteiger charge is 2.19. The van der Waals surface area contributed by atoms with Crippen LogP contribution < -0.4 is 0 Å². The molecule has 1 aliphatic carbocycles. The van der Waals surface area contributed by atoms with E-state index in [9.17, 15) is 0 Å². The van der Waals surface area contributed by atoms with Gasteiger partial charge < -0.3 is 0 Å². The van der Waals surface area contributed by atoms with Crippen LogP contribution in [0.1, 0.15) is 45.4 Å². The van der Waals surface area contributed by atoms with E-state index in [1.54, 1.807) is 0 Å². The monoisotopic (exact) mass is 247 g/mol. The van der Waals surface area contributed by atoms with Gasteiger partial charge in [0, 0.05) is 17.4 Å². The lowest BCUT2D eigenvalue weighted by Gasteiger charge is -2.31. The third-order valence-corrected chi connectivity index (χ3v) is 4.26. The number of nitrogens with zero attached hydrogens (tertiary/aromatic N) is 1. The largest absolute Gasteiger partial charge is 0.300 e. The van der Waals surface area contributed by atoms with Crippen LogP contribution in [0, 0.1) is 0 Å². The summed E-state index contributed by atoms with van der Waals surface area (Å²) < 4.78 is 0. The molecule has 0 radical (unpaired) electrons. The summed E-state index contributed by atoms with van der Waals surface area (Å²) in [6.07, 6.45) is 8.59. The molecule has 1 fully saturated rings. The van der Waals surface area contributed by atoms with Crippen LogP contribution in [-0.2, 0) is 0 Å². The Morgan fingerprint density at radius 2 is 1.77 bits per heavy atom. The van der Waals surface area contributed by atoms with Gasteiger partial charge in [-0.1, -0.05) is 41.6 Å². The third kappa shape index (κ3) is 3.59. The molecule has 13 heavy (non-hydrogen) atoms. The Bertz CT molecular complexity index is 130. The Kier molecular flexibility index (Phi) is 5.34. The van der Waals surface area contributed by atoms with Crippen molar-refractivity contribution >= 4 is 15.9 Å². The molecule has 2 heteroatoms. The maximum atomic E-state index is 3.56. The Morgan fingerprint density at radius 1 is 1.23 bits per heavy atom. The van der Waals surface area contributed by atoms with E-state index in [1.807, 2.05) is 0 Å². The highest BCUT2D eigenvalue weighted by Crippen LogP contribution is 2.22. The normalized spacial score (nSPS) is 23.1. The van der Waals surface area contributed by atoms with Crippen molar-refractivity contribution in [3.8, 4) is 0 Å². The molecule has 1 aliphatic rings. The summed E-state index contributed by atoms with van der Waals surface area (Å²) in [6, 6.07) is 1.53. The molecule has 0 bridgehead atoms. The van der Waals surface area contributed by atoms with Crippen molar-refractivity contribution in [1.29, 1.82) is 0 Å². The minimum atomic E-state index is 0.683. The predicted octanol–water partition coefficient (Wildman–Crippen LogP) is 3.42. The fraction of sp³-hybridized carbons (Fsp3) is 1.00. The molecule has 0 aromatic carbocycles. The van der Waals surface area contributed by atoms with Gasteiger partial charge in [-0.3, -0.25) is 4.90 Å². The van der Waals surface area contributed by atoms with E-state index in [0.29, 0.717) is 6.04 Å².